The number of nitrogens with zero attached hydrogens (tertiary/aromatic N) is 2. The molecular weight excluding hydrogens is 256 g/mol. The molecule has 0 saturated carbocycles. The Morgan fingerprint density at radius 3 is 3.00 bits per heavy atom. The zero-order valence-corrected chi connectivity index (χ0v) is 12.1. The van der Waals surface area contributed by atoms with Crippen molar-refractivity contribution in [3.63, 3.8) is 0 Å². The van der Waals surface area contributed by atoms with E-state index in [4.69, 9.17) is 4.74 Å². The minimum Gasteiger partial charge on any atom is -0.352 e. The van der Waals surface area contributed by atoms with Gasteiger partial charge in [0.2, 0.25) is 0 Å². The zero-order valence-electron chi connectivity index (χ0n) is 12.1. The Labute approximate surface area is 118 Å². The van der Waals surface area contributed by atoms with Crippen molar-refractivity contribution in [1.82, 2.24) is 20.2 Å². The van der Waals surface area contributed by atoms with Crippen LogP contribution in [-0.4, -0.2) is 40.7 Å². The normalized spacial score (nSPS) is 24.6. The zero-order chi connectivity index (χ0) is 14.2. The molecule has 1 spiro atoms. The van der Waals surface area contributed by atoms with Gasteiger partial charge in [0, 0.05) is 18.4 Å². The number of ether oxygens (including phenoxy) is 1. The van der Waals surface area contributed by atoms with Gasteiger partial charge in [0.1, 0.15) is 11.4 Å². The predicted octanol–water partition coefficient (Wildman–Crippen LogP) is 0.385. The van der Waals surface area contributed by atoms with Gasteiger partial charge in [-0.1, -0.05) is 0 Å². The van der Waals surface area contributed by atoms with Crippen molar-refractivity contribution in [2.45, 2.75) is 51.0 Å². The Morgan fingerprint density at radius 2 is 2.30 bits per heavy atom. The van der Waals surface area contributed by atoms with Gasteiger partial charge >= 0.3 is 0 Å². The summed E-state index contributed by atoms with van der Waals surface area (Å²) in [6.07, 6.45) is 5.02. The van der Waals surface area contributed by atoms with Crippen LogP contribution in [0.3, 0.4) is 0 Å². The molecule has 1 saturated heterocycles. The van der Waals surface area contributed by atoms with Gasteiger partial charge in [-0.05, 0) is 39.8 Å². The molecule has 110 valence electrons. The number of hydrogen-bond acceptors (Lipinski definition) is 4. The van der Waals surface area contributed by atoms with Crippen LogP contribution in [0.15, 0.2) is 12.4 Å². The van der Waals surface area contributed by atoms with E-state index in [1.807, 2.05) is 20.0 Å². The highest BCUT2D eigenvalue weighted by molar-refractivity contribution is 5.81. The number of hydrogen-bond donors (Lipinski definition) is 2. The van der Waals surface area contributed by atoms with Crippen LogP contribution in [0.25, 0.3) is 0 Å². The van der Waals surface area contributed by atoms with Crippen LogP contribution in [0.2, 0.25) is 0 Å². The highest BCUT2D eigenvalue weighted by Gasteiger charge is 2.45. The van der Waals surface area contributed by atoms with Gasteiger partial charge in [-0.25, -0.2) is 4.98 Å². The SMILES string of the molecule is CC(C)NC(=O)[C@H]1Cn2ccnc2C2(CCNCC2)O1. The fourth-order valence-corrected chi connectivity index (χ4v) is 3.08. The summed E-state index contributed by atoms with van der Waals surface area (Å²) in [6.45, 7) is 6.26. The average molecular weight is 278 g/mol. The van der Waals surface area contributed by atoms with Crippen LogP contribution >= 0.6 is 0 Å². The van der Waals surface area contributed by atoms with E-state index in [9.17, 15) is 4.79 Å². The number of nitrogens with one attached hydrogen (secondary N) is 2. The molecule has 1 fully saturated rings. The number of carbonyl (C=O) groups excluding carboxylic acids is 1. The lowest BCUT2D eigenvalue weighted by atomic mass is 9.89. The van der Waals surface area contributed by atoms with E-state index in [-0.39, 0.29) is 11.9 Å². The highest BCUT2D eigenvalue weighted by Crippen LogP contribution is 2.38. The third-order valence-corrected chi connectivity index (χ3v) is 3.99. The Morgan fingerprint density at radius 1 is 1.55 bits per heavy atom. The van der Waals surface area contributed by atoms with Crippen molar-refractivity contribution < 1.29 is 9.53 Å². The van der Waals surface area contributed by atoms with Gasteiger partial charge in [-0.15, -0.1) is 0 Å². The topological polar surface area (TPSA) is 68.2 Å². The second-order valence-corrected chi connectivity index (χ2v) is 5.92. The van der Waals surface area contributed by atoms with Crippen molar-refractivity contribution in [3.05, 3.63) is 18.2 Å². The summed E-state index contributed by atoms with van der Waals surface area (Å²) < 4.78 is 8.30. The largest absolute Gasteiger partial charge is 0.352 e. The molecule has 6 nitrogen and oxygen atoms in total. The number of piperidine rings is 1. The monoisotopic (exact) mass is 278 g/mol. The quantitative estimate of drug-likeness (QED) is 0.821. The summed E-state index contributed by atoms with van der Waals surface area (Å²) in [5.74, 6) is 0.935. The second kappa shape index (κ2) is 5.18. The van der Waals surface area contributed by atoms with Crippen molar-refractivity contribution in [2.24, 2.45) is 0 Å². The Bertz CT molecular complexity index is 491. The van der Waals surface area contributed by atoms with Gasteiger partial charge in [0.05, 0.1) is 6.54 Å². The van der Waals surface area contributed by atoms with Gasteiger partial charge in [0.15, 0.2) is 6.10 Å². The lowest BCUT2D eigenvalue weighted by Gasteiger charge is -2.43. The van der Waals surface area contributed by atoms with Crippen molar-refractivity contribution in [3.8, 4) is 0 Å². The number of carbonyl (C=O) groups is 1. The van der Waals surface area contributed by atoms with Crippen LogP contribution < -0.4 is 10.6 Å². The van der Waals surface area contributed by atoms with Gasteiger partial charge in [-0.2, -0.15) is 0 Å². The maximum Gasteiger partial charge on any atom is 0.251 e. The van der Waals surface area contributed by atoms with Crippen molar-refractivity contribution >= 4 is 5.91 Å². The molecule has 0 aliphatic carbocycles. The first kappa shape index (κ1) is 13.6. The van der Waals surface area contributed by atoms with E-state index >= 15 is 0 Å². The summed E-state index contributed by atoms with van der Waals surface area (Å²) >= 11 is 0. The molecule has 3 heterocycles. The predicted molar refractivity (Wildman–Crippen MR) is 74.2 cm³/mol. The fraction of sp³-hybridized carbons (Fsp3) is 0.714. The standard InChI is InChI=1S/C14H22N4O2/c1-10(2)17-12(19)11-9-18-8-7-16-13(18)14(20-11)3-5-15-6-4-14/h7-8,10-11,15H,3-6,9H2,1-2H3,(H,17,19)/t11-/m1/s1. The van der Waals surface area contributed by atoms with Crippen molar-refractivity contribution in [2.75, 3.05) is 13.1 Å². The van der Waals surface area contributed by atoms with E-state index in [0.717, 1.165) is 31.8 Å². The fourth-order valence-electron chi connectivity index (χ4n) is 3.08. The number of rotatable bonds is 2. The lowest BCUT2D eigenvalue weighted by Crippen LogP contribution is -2.54. The molecule has 0 bridgehead atoms. The van der Waals surface area contributed by atoms with E-state index in [1.54, 1.807) is 6.20 Å². The maximum atomic E-state index is 12.3. The van der Waals surface area contributed by atoms with E-state index in [0.29, 0.717) is 6.54 Å². The highest BCUT2D eigenvalue weighted by atomic mass is 16.5. The van der Waals surface area contributed by atoms with Crippen LogP contribution in [0.5, 0.6) is 0 Å². The van der Waals surface area contributed by atoms with Crippen molar-refractivity contribution in [1.29, 1.82) is 0 Å². The molecule has 20 heavy (non-hydrogen) atoms. The molecule has 6 heteroatoms. The summed E-state index contributed by atoms with van der Waals surface area (Å²) in [4.78, 5) is 16.7. The van der Waals surface area contributed by atoms with Gasteiger partial charge in [-0.3, -0.25) is 4.79 Å². The number of imidazole rings is 1. The number of aromatic nitrogens is 2. The second-order valence-electron chi connectivity index (χ2n) is 5.92. The first-order chi connectivity index (χ1) is 9.61. The first-order valence-corrected chi connectivity index (χ1v) is 7.31. The van der Waals surface area contributed by atoms with Gasteiger partial charge in [0.25, 0.3) is 5.91 Å². The first-order valence-electron chi connectivity index (χ1n) is 7.31. The smallest absolute Gasteiger partial charge is 0.251 e. The summed E-state index contributed by atoms with van der Waals surface area (Å²) in [5.41, 5.74) is -0.411. The molecule has 0 radical (unpaired) electrons. The summed E-state index contributed by atoms with van der Waals surface area (Å²) in [6, 6.07) is 0.124. The number of amides is 1. The summed E-state index contributed by atoms with van der Waals surface area (Å²) in [7, 11) is 0. The molecule has 1 aromatic rings. The van der Waals surface area contributed by atoms with E-state index in [2.05, 4.69) is 20.2 Å². The molecule has 2 aliphatic heterocycles. The molecule has 1 atom stereocenters. The van der Waals surface area contributed by atoms with Crippen LogP contribution in [0.4, 0.5) is 0 Å². The molecule has 0 unspecified atom stereocenters. The molecular formula is C14H22N4O2. The lowest BCUT2D eigenvalue weighted by molar-refractivity contribution is -0.168. The Balaban J connectivity index is 1.86. The molecule has 2 N–H and O–H groups in total. The third-order valence-electron chi connectivity index (χ3n) is 3.99. The average Bonchev–Trinajstić information content (AvgIpc) is 2.88. The Kier molecular flexibility index (Phi) is 3.52. The summed E-state index contributed by atoms with van der Waals surface area (Å²) in [5, 5.41) is 6.28. The van der Waals surface area contributed by atoms with Crippen LogP contribution in [0.1, 0.15) is 32.5 Å². The van der Waals surface area contributed by atoms with Crippen LogP contribution in [0, 0.1) is 0 Å². The van der Waals surface area contributed by atoms with E-state index in [1.165, 1.54) is 0 Å². The molecule has 3 rings (SSSR count). The maximum absolute atomic E-state index is 12.3. The molecule has 0 aromatic carbocycles. The van der Waals surface area contributed by atoms with Gasteiger partial charge < -0.3 is 19.9 Å². The number of fused-ring (bicyclic) bond motifs is 2. The minimum absolute atomic E-state index is 0.0303. The third kappa shape index (κ3) is 2.33. The Hall–Kier alpha value is -1.40. The molecule has 1 aromatic heterocycles. The minimum atomic E-state index is -0.433. The van der Waals surface area contributed by atoms with E-state index < -0.39 is 11.7 Å². The van der Waals surface area contributed by atoms with Crippen LogP contribution in [-0.2, 0) is 21.7 Å². The molecule has 1 amide bonds. The molecule has 2 aliphatic rings.